The van der Waals surface area contributed by atoms with Crippen LogP contribution in [0.3, 0.4) is 0 Å². The largest absolute Gasteiger partial charge is 0.243 e. The highest BCUT2D eigenvalue weighted by Gasteiger charge is 2.05. The average Bonchev–Trinajstić information content (AvgIpc) is 2.74. The summed E-state index contributed by atoms with van der Waals surface area (Å²) in [6.07, 6.45) is 3.65. The molecule has 0 fully saturated rings. The van der Waals surface area contributed by atoms with Crippen molar-refractivity contribution in [2.24, 2.45) is 0 Å². The molecule has 3 rings (SSSR count). The number of hydrogen-bond donors (Lipinski definition) is 0. The predicted octanol–water partition coefficient (Wildman–Crippen LogP) is 3.55. The Balaban J connectivity index is 1.97. The predicted molar refractivity (Wildman–Crippen MR) is 75.5 cm³/mol. The number of rotatable bonds is 2. The summed E-state index contributed by atoms with van der Waals surface area (Å²) >= 11 is 3.42. The second kappa shape index (κ2) is 4.53. The molecule has 3 aromatic rings. The molecular formula is C14H12BrN3. The minimum atomic E-state index is 0.748. The van der Waals surface area contributed by atoms with Crippen molar-refractivity contribution in [3.05, 3.63) is 58.3 Å². The van der Waals surface area contributed by atoms with Gasteiger partial charge in [-0.1, -0.05) is 29.8 Å². The Morgan fingerprint density at radius 2 is 1.94 bits per heavy atom. The lowest BCUT2D eigenvalue weighted by atomic mass is 10.1. The van der Waals surface area contributed by atoms with Gasteiger partial charge < -0.3 is 0 Å². The summed E-state index contributed by atoms with van der Waals surface area (Å²) in [5.74, 6) is 0. The van der Waals surface area contributed by atoms with Crippen LogP contribution in [-0.2, 0) is 6.54 Å². The molecular weight excluding hydrogens is 290 g/mol. The van der Waals surface area contributed by atoms with Gasteiger partial charge in [-0.3, -0.25) is 0 Å². The molecule has 4 heteroatoms. The van der Waals surface area contributed by atoms with Gasteiger partial charge >= 0.3 is 0 Å². The molecule has 0 saturated heterocycles. The molecule has 0 unspecified atom stereocenters. The quantitative estimate of drug-likeness (QED) is 0.725. The highest BCUT2D eigenvalue weighted by molar-refractivity contribution is 9.10. The van der Waals surface area contributed by atoms with Crippen LogP contribution < -0.4 is 0 Å². The number of hydrogen-bond acceptors (Lipinski definition) is 2. The van der Waals surface area contributed by atoms with Crippen molar-refractivity contribution >= 4 is 27.0 Å². The van der Waals surface area contributed by atoms with E-state index in [1.807, 2.05) is 16.9 Å². The van der Waals surface area contributed by atoms with E-state index in [4.69, 9.17) is 0 Å². The number of nitrogens with zero attached hydrogens (tertiary/aromatic N) is 3. The third-order valence-electron chi connectivity index (χ3n) is 2.90. The summed E-state index contributed by atoms with van der Waals surface area (Å²) in [6.45, 7) is 2.84. The van der Waals surface area contributed by atoms with Gasteiger partial charge in [0.1, 0.15) is 0 Å². The van der Waals surface area contributed by atoms with Gasteiger partial charge in [0, 0.05) is 16.1 Å². The van der Waals surface area contributed by atoms with Crippen molar-refractivity contribution in [2.75, 3.05) is 0 Å². The Labute approximate surface area is 114 Å². The van der Waals surface area contributed by atoms with E-state index < -0.39 is 0 Å². The normalized spacial score (nSPS) is 11.0. The van der Waals surface area contributed by atoms with Gasteiger partial charge in [-0.05, 0) is 34.5 Å². The fourth-order valence-electron chi connectivity index (χ4n) is 1.93. The number of pyridine rings is 1. The Bertz CT molecular complexity index is 686. The van der Waals surface area contributed by atoms with Crippen LogP contribution in [0, 0.1) is 6.92 Å². The Kier molecular flexibility index (Phi) is 2.88. The van der Waals surface area contributed by atoms with Crippen molar-refractivity contribution in [3.8, 4) is 0 Å². The van der Waals surface area contributed by atoms with E-state index in [1.54, 1.807) is 6.20 Å². The Hall–Kier alpha value is -1.68. The minimum absolute atomic E-state index is 0.748. The van der Waals surface area contributed by atoms with Crippen LogP contribution in [0.4, 0.5) is 0 Å². The first-order valence-corrected chi connectivity index (χ1v) is 6.54. The molecule has 0 N–H and O–H groups in total. The van der Waals surface area contributed by atoms with Gasteiger partial charge in [-0.15, -0.1) is 0 Å². The highest BCUT2D eigenvalue weighted by atomic mass is 79.9. The Morgan fingerprint density at radius 1 is 1.17 bits per heavy atom. The first kappa shape index (κ1) is 11.4. The third-order valence-corrected chi connectivity index (χ3v) is 3.33. The summed E-state index contributed by atoms with van der Waals surface area (Å²) < 4.78 is 2.90. The van der Waals surface area contributed by atoms with Crippen LogP contribution >= 0.6 is 15.9 Å². The zero-order chi connectivity index (χ0) is 12.5. The van der Waals surface area contributed by atoms with Gasteiger partial charge in [0.15, 0.2) is 5.65 Å². The molecule has 0 aliphatic rings. The molecule has 0 aliphatic carbocycles. The van der Waals surface area contributed by atoms with Crippen molar-refractivity contribution in [2.45, 2.75) is 13.5 Å². The van der Waals surface area contributed by atoms with Crippen molar-refractivity contribution in [1.29, 1.82) is 0 Å². The lowest BCUT2D eigenvalue weighted by Gasteiger charge is -2.03. The van der Waals surface area contributed by atoms with Crippen LogP contribution in [0.15, 0.2) is 47.2 Å². The fourth-order valence-corrected chi connectivity index (χ4v) is 2.28. The molecule has 2 aromatic heterocycles. The first-order chi connectivity index (χ1) is 8.72. The molecule has 0 amide bonds. The average molecular weight is 302 g/mol. The van der Waals surface area contributed by atoms with Crippen LogP contribution in [0.2, 0.25) is 0 Å². The number of fused-ring (bicyclic) bond motifs is 1. The fraction of sp³-hybridized carbons (Fsp3) is 0.143. The summed E-state index contributed by atoms with van der Waals surface area (Å²) in [5, 5.41) is 5.44. The first-order valence-electron chi connectivity index (χ1n) is 5.75. The van der Waals surface area contributed by atoms with Gasteiger partial charge in [-0.2, -0.15) is 5.10 Å². The van der Waals surface area contributed by atoms with Gasteiger partial charge in [0.25, 0.3) is 0 Å². The second-order valence-corrected chi connectivity index (χ2v) is 5.27. The van der Waals surface area contributed by atoms with E-state index in [2.05, 4.69) is 57.2 Å². The van der Waals surface area contributed by atoms with E-state index in [1.165, 1.54) is 11.1 Å². The molecule has 0 atom stereocenters. The maximum Gasteiger partial charge on any atom is 0.158 e. The number of aromatic nitrogens is 3. The highest BCUT2D eigenvalue weighted by Crippen LogP contribution is 2.17. The smallest absolute Gasteiger partial charge is 0.158 e. The van der Waals surface area contributed by atoms with Gasteiger partial charge in [0.2, 0.25) is 0 Å². The summed E-state index contributed by atoms with van der Waals surface area (Å²) in [7, 11) is 0. The standard InChI is InChI=1S/C14H12BrN3/c1-10-2-4-11(5-3-10)9-18-14-12(7-17-18)6-13(15)8-16-14/h2-8H,9H2,1H3. The molecule has 0 radical (unpaired) electrons. The number of aryl methyl sites for hydroxylation is 1. The molecule has 2 heterocycles. The van der Waals surface area contributed by atoms with Crippen LogP contribution in [0.25, 0.3) is 11.0 Å². The van der Waals surface area contributed by atoms with E-state index in [-0.39, 0.29) is 0 Å². The van der Waals surface area contributed by atoms with Crippen LogP contribution in [0.1, 0.15) is 11.1 Å². The molecule has 0 saturated carbocycles. The Morgan fingerprint density at radius 3 is 2.72 bits per heavy atom. The number of halogens is 1. The minimum Gasteiger partial charge on any atom is -0.243 e. The summed E-state index contributed by atoms with van der Waals surface area (Å²) in [5.41, 5.74) is 3.42. The zero-order valence-electron chi connectivity index (χ0n) is 9.97. The lowest BCUT2D eigenvalue weighted by molar-refractivity contribution is 0.704. The summed E-state index contributed by atoms with van der Waals surface area (Å²) in [4.78, 5) is 4.41. The molecule has 0 bridgehead atoms. The van der Waals surface area contributed by atoms with Crippen molar-refractivity contribution in [1.82, 2.24) is 14.8 Å². The van der Waals surface area contributed by atoms with E-state index in [9.17, 15) is 0 Å². The van der Waals surface area contributed by atoms with E-state index >= 15 is 0 Å². The molecule has 0 aliphatic heterocycles. The van der Waals surface area contributed by atoms with E-state index in [0.717, 1.165) is 22.1 Å². The second-order valence-electron chi connectivity index (χ2n) is 4.35. The molecule has 3 nitrogen and oxygen atoms in total. The van der Waals surface area contributed by atoms with Gasteiger partial charge in [-0.25, -0.2) is 9.67 Å². The van der Waals surface area contributed by atoms with Crippen LogP contribution in [-0.4, -0.2) is 14.8 Å². The monoisotopic (exact) mass is 301 g/mol. The molecule has 18 heavy (non-hydrogen) atoms. The maximum absolute atomic E-state index is 4.41. The number of benzene rings is 1. The maximum atomic E-state index is 4.41. The van der Waals surface area contributed by atoms with Gasteiger partial charge in [0.05, 0.1) is 12.7 Å². The van der Waals surface area contributed by atoms with Crippen molar-refractivity contribution in [3.63, 3.8) is 0 Å². The topological polar surface area (TPSA) is 30.7 Å². The molecule has 90 valence electrons. The summed E-state index contributed by atoms with van der Waals surface area (Å²) in [6, 6.07) is 10.5. The molecule has 0 spiro atoms. The van der Waals surface area contributed by atoms with Crippen LogP contribution in [0.5, 0.6) is 0 Å². The SMILES string of the molecule is Cc1ccc(Cn2ncc3cc(Br)cnc32)cc1. The van der Waals surface area contributed by atoms with E-state index in [0.29, 0.717) is 0 Å². The third kappa shape index (κ3) is 2.16. The zero-order valence-corrected chi connectivity index (χ0v) is 11.6. The van der Waals surface area contributed by atoms with Crippen molar-refractivity contribution < 1.29 is 0 Å². The molecule has 1 aromatic carbocycles. The lowest BCUT2D eigenvalue weighted by Crippen LogP contribution is -2.02.